The summed E-state index contributed by atoms with van der Waals surface area (Å²) in [6.45, 7) is 7.62. The zero-order chi connectivity index (χ0) is 11.3. The molecule has 15 heavy (non-hydrogen) atoms. The highest BCUT2D eigenvalue weighted by molar-refractivity contribution is 7.10. The van der Waals surface area contributed by atoms with Crippen LogP contribution in [0, 0.1) is 0 Å². The molecule has 0 aromatic carbocycles. The molecular weight excluding hydrogens is 206 g/mol. The van der Waals surface area contributed by atoms with Gasteiger partial charge in [0, 0.05) is 12.1 Å². The summed E-state index contributed by atoms with van der Waals surface area (Å²) in [6, 6.07) is 2.02. The minimum atomic E-state index is 0.245. The van der Waals surface area contributed by atoms with E-state index in [0.29, 0.717) is 0 Å². The number of rotatable bonds is 6. The Labute approximate surface area is 96.7 Å². The molecule has 1 aromatic rings. The number of hydrogen-bond acceptors (Lipinski definition) is 3. The molecule has 0 spiro atoms. The average Bonchev–Trinajstić information content (AvgIpc) is 2.73. The van der Waals surface area contributed by atoms with E-state index in [1.165, 1.54) is 4.88 Å². The van der Waals surface area contributed by atoms with Gasteiger partial charge in [0.25, 0.3) is 0 Å². The lowest BCUT2D eigenvalue weighted by Crippen LogP contribution is -2.40. The van der Waals surface area contributed by atoms with Gasteiger partial charge < -0.3 is 10.1 Å². The van der Waals surface area contributed by atoms with Gasteiger partial charge in [-0.05, 0) is 31.2 Å². The van der Waals surface area contributed by atoms with Crippen LogP contribution in [-0.2, 0) is 6.54 Å². The van der Waals surface area contributed by atoms with Gasteiger partial charge >= 0.3 is 0 Å². The first-order chi connectivity index (χ1) is 7.15. The highest BCUT2D eigenvalue weighted by Crippen LogP contribution is 2.25. The Bertz CT molecular complexity index is 292. The van der Waals surface area contributed by atoms with Crippen molar-refractivity contribution < 1.29 is 4.74 Å². The molecule has 0 aliphatic carbocycles. The third kappa shape index (κ3) is 3.21. The third-order valence-corrected chi connectivity index (χ3v) is 4.06. The topological polar surface area (TPSA) is 21.3 Å². The van der Waals surface area contributed by atoms with Crippen LogP contribution < -0.4 is 10.1 Å². The van der Waals surface area contributed by atoms with Gasteiger partial charge in [0.05, 0.1) is 12.0 Å². The lowest BCUT2D eigenvalue weighted by Gasteiger charge is -2.28. The molecule has 0 aliphatic heterocycles. The second-order valence-corrected chi connectivity index (χ2v) is 5.03. The maximum atomic E-state index is 5.29. The first-order valence-electron chi connectivity index (χ1n) is 5.50. The predicted molar refractivity (Wildman–Crippen MR) is 66.7 cm³/mol. The standard InChI is InChI=1S/C12H21NOS/c1-5-12(3,6-2)13-9-11-10(14-4)7-8-15-11/h7-8,13H,5-6,9H2,1-4H3. The molecule has 86 valence electrons. The molecule has 0 radical (unpaired) electrons. The van der Waals surface area contributed by atoms with Crippen molar-refractivity contribution in [2.45, 2.75) is 45.7 Å². The van der Waals surface area contributed by atoms with Gasteiger partial charge in [-0.1, -0.05) is 13.8 Å². The van der Waals surface area contributed by atoms with Gasteiger partial charge in [-0.25, -0.2) is 0 Å². The molecule has 0 saturated carbocycles. The largest absolute Gasteiger partial charge is 0.496 e. The summed E-state index contributed by atoms with van der Waals surface area (Å²) < 4.78 is 5.29. The Hall–Kier alpha value is -0.540. The SMILES string of the molecule is CCC(C)(CC)NCc1sccc1OC. The van der Waals surface area contributed by atoms with Gasteiger partial charge in [-0.2, -0.15) is 0 Å². The Balaban J connectivity index is 2.56. The summed E-state index contributed by atoms with van der Waals surface area (Å²) in [4.78, 5) is 1.28. The summed E-state index contributed by atoms with van der Waals surface area (Å²) in [6.07, 6.45) is 2.30. The van der Waals surface area contributed by atoms with Crippen LogP contribution in [0.25, 0.3) is 0 Å². The van der Waals surface area contributed by atoms with E-state index >= 15 is 0 Å². The highest BCUT2D eigenvalue weighted by Gasteiger charge is 2.19. The zero-order valence-corrected chi connectivity index (χ0v) is 10.9. The van der Waals surface area contributed by atoms with Crippen molar-refractivity contribution in [2.24, 2.45) is 0 Å². The van der Waals surface area contributed by atoms with E-state index in [0.717, 1.165) is 25.1 Å². The van der Waals surface area contributed by atoms with Crippen LogP contribution in [0.2, 0.25) is 0 Å². The smallest absolute Gasteiger partial charge is 0.134 e. The second-order valence-electron chi connectivity index (χ2n) is 4.03. The van der Waals surface area contributed by atoms with E-state index in [4.69, 9.17) is 4.74 Å². The molecule has 0 atom stereocenters. The fraction of sp³-hybridized carbons (Fsp3) is 0.667. The van der Waals surface area contributed by atoms with Crippen molar-refractivity contribution in [3.63, 3.8) is 0 Å². The quantitative estimate of drug-likeness (QED) is 0.804. The van der Waals surface area contributed by atoms with E-state index in [2.05, 4.69) is 31.5 Å². The summed E-state index contributed by atoms with van der Waals surface area (Å²) in [5.74, 6) is 1.00. The number of nitrogens with one attached hydrogen (secondary N) is 1. The van der Waals surface area contributed by atoms with Gasteiger partial charge in [0.2, 0.25) is 0 Å². The van der Waals surface area contributed by atoms with Crippen LogP contribution in [0.15, 0.2) is 11.4 Å². The summed E-state index contributed by atoms with van der Waals surface area (Å²) in [7, 11) is 1.73. The van der Waals surface area contributed by atoms with Crippen molar-refractivity contribution in [1.82, 2.24) is 5.32 Å². The fourth-order valence-electron chi connectivity index (χ4n) is 1.43. The van der Waals surface area contributed by atoms with Crippen LogP contribution in [0.3, 0.4) is 0 Å². The maximum absolute atomic E-state index is 5.29. The van der Waals surface area contributed by atoms with Crippen molar-refractivity contribution >= 4 is 11.3 Å². The van der Waals surface area contributed by atoms with Crippen molar-refractivity contribution in [3.05, 3.63) is 16.3 Å². The minimum absolute atomic E-state index is 0.245. The second kappa shape index (κ2) is 5.52. The molecule has 0 saturated heterocycles. The average molecular weight is 227 g/mol. The lowest BCUT2D eigenvalue weighted by molar-refractivity contribution is 0.327. The molecule has 1 N–H and O–H groups in total. The van der Waals surface area contributed by atoms with Crippen LogP contribution in [-0.4, -0.2) is 12.6 Å². The highest BCUT2D eigenvalue weighted by atomic mass is 32.1. The molecule has 0 aliphatic rings. The molecule has 3 heteroatoms. The molecule has 1 heterocycles. The number of thiophene rings is 1. The molecule has 0 fully saturated rings. The van der Waals surface area contributed by atoms with E-state index in [9.17, 15) is 0 Å². The number of methoxy groups -OCH3 is 1. The number of ether oxygens (including phenoxy) is 1. The van der Waals surface area contributed by atoms with Gasteiger partial charge in [0.15, 0.2) is 0 Å². The van der Waals surface area contributed by atoms with Crippen LogP contribution in [0.4, 0.5) is 0 Å². The van der Waals surface area contributed by atoms with E-state index in [1.54, 1.807) is 18.4 Å². The fourth-order valence-corrected chi connectivity index (χ4v) is 2.21. The van der Waals surface area contributed by atoms with Gasteiger partial charge in [-0.15, -0.1) is 11.3 Å². The predicted octanol–water partition coefficient (Wildman–Crippen LogP) is 3.43. The van der Waals surface area contributed by atoms with Crippen LogP contribution in [0.1, 0.15) is 38.5 Å². The Morgan fingerprint density at radius 1 is 1.40 bits per heavy atom. The molecule has 0 amide bonds. The van der Waals surface area contributed by atoms with Crippen molar-refractivity contribution in [2.75, 3.05) is 7.11 Å². The number of hydrogen-bond donors (Lipinski definition) is 1. The molecule has 1 rings (SSSR count). The molecule has 0 unspecified atom stereocenters. The monoisotopic (exact) mass is 227 g/mol. The van der Waals surface area contributed by atoms with E-state index in [-0.39, 0.29) is 5.54 Å². The minimum Gasteiger partial charge on any atom is -0.496 e. The Kier molecular flexibility index (Phi) is 4.61. The zero-order valence-electron chi connectivity index (χ0n) is 10.1. The van der Waals surface area contributed by atoms with Crippen LogP contribution in [0.5, 0.6) is 5.75 Å². The molecular formula is C12H21NOS. The normalized spacial score (nSPS) is 11.7. The first kappa shape index (κ1) is 12.5. The summed E-state index contributed by atoms with van der Waals surface area (Å²) in [5, 5.41) is 5.68. The molecule has 2 nitrogen and oxygen atoms in total. The lowest BCUT2D eigenvalue weighted by atomic mass is 9.95. The van der Waals surface area contributed by atoms with E-state index in [1.807, 2.05) is 6.07 Å². The van der Waals surface area contributed by atoms with Gasteiger partial charge in [-0.3, -0.25) is 0 Å². The van der Waals surface area contributed by atoms with Crippen molar-refractivity contribution in [1.29, 1.82) is 0 Å². The van der Waals surface area contributed by atoms with Crippen molar-refractivity contribution in [3.8, 4) is 5.75 Å². The summed E-state index contributed by atoms with van der Waals surface area (Å²) in [5.41, 5.74) is 0.245. The van der Waals surface area contributed by atoms with Gasteiger partial charge in [0.1, 0.15) is 5.75 Å². The maximum Gasteiger partial charge on any atom is 0.134 e. The van der Waals surface area contributed by atoms with E-state index < -0.39 is 0 Å². The molecule has 1 aromatic heterocycles. The van der Waals surface area contributed by atoms with Crippen LogP contribution >= 0.6 is 11.3 Å². The Morgan fingerprint density at radius 2 is 2.07 bits per heavy atom. The first-order valence-corrected chi connectivity index (χ1v) is 6.38. The summed E-state index contributed by atoms with van der Waals surface area (Å²) >= 11 is 1.75. The molecule has 0 bridgehead atoms. The Morgan fingerprint density at radius 3 is 2.60 bits per heavy atom. The third-order valence-electron chi connectivity index (χ3n) is 3.16.